The average molecular weight is 259 g/mol. The summed E-state index contributed by atoms with van der Waals surface area (Å²) in [6.07, 6.45) is 1.99. The van der Waals surface area contributed by atoms with Crippen molar-refractivity contribution >= 4 is 23.5 Å². The van der Waals surface area contributed by atoms with Crippen LogP contribution >= 0.6 is 11.8 Å². The van der Waals surface area contributed by atoms with Crippen LogP contribution in [0.25, 0.3) is 0 Å². The number of oxime groups is 1. The van der Waals surface area contributed by atoms with E-state index >= 15 is 0 Å². The number of nitrogens with two attached hydrogens (primary N) is 1. The number of hydrogen-bond donors (Lipinski definition) is 3. The van der Waals surface area contributed by atoms with Crippen LogP contribution in [-0.4, -0.2) is 34.0 Å². The van der Waals surface area contributed by atoms with Gasteiger partial charge in [-0.3, -0.25) is 4.79 Å². The number of carbonyl (C=O) groups is 1. The van der Waals surface area contributed by atoms with Crippen LogP contribution in [0, 0.1) is 5.41 Å². The molecule has 0 aromatic heterocycles. The van der Waals surface area contributed by atoms with Crippen LogP contribution in [0.2, 0.25) is 0 Å². The second-order valence-corrected chi connectivity index (χ2v) is 6.83. The number of rotatable bonds is 4. The molecule has 0 aromatic rings. The Morgan fingerprint density at radius 3 is 2.76 bits per heavy atom. The van der Waals surface area contributed by atoms with Gasteiger partial charge in [0, 0.05) is 12.0 Å². The zero-order valence-corrected chi connectivity index (χ0v) is 11.4. The van der Waals surface area contributed by atoms with Crippen LogP contribution in [0.3, 0.4) is 0 Å². The van der Waals surface area contributed by atoms with Crippen LogP contribution in [0.4, 0.5) is 0 Å². The lowest BCUT2D eigenvalue weighted by Crippen LogP contribution is -2.47. The minimum atomic E-state index is -0.538. The molecule has 1 saturated heterocycles. The summed E-state index contributed by atoms with van der Waals surface area (Å²) in [5, 5.41) is 14.5. The maximum atomic E-state index is 12.0. The Hall–Kier alpha value is -0.910. The van der Waals surface area contributed by atoms with Gasteiger partial charge in [0.15, 0.2) is 0 Å². The lowest BCUT2D eigenvalue weighted by Gasteiger charge is -2.27. The van der Waals surface area contributed by atoms with Gasteiger partial charge in [-0.1, -0.05) is 19.0 Å². The topological polar surface area (TPSA) is 87.7 Å². The van der Waals surface area contributed by atoms with Gasteiger partial charge < -0.3 is 16.3 Å². The van der Waals surface area contributed by atoms with E-state index < -0.39 is 5.41 Å². The van der Waals surface area contributed by atoms with Crippen LogP contribution in [-0.2, 0) is 4.79 Å². The predicted octanol–water partition coefficient (Wildman–Crippen LogP) is 1.16. The molecule has 0 bridgehead atoms. The Morgan fingerprint density at radius 1 is 1.65 bits per heavy atom. The summed E-state index contributed by atoms with van der Waals surface area (Å²) in [5.74, 6) is 1.20. The number of nitrogens with one attached hydrogen (secondary N) is 1. The highest BCUT2D eigenvalue weighted by Gasteiger charge is 2.38. The summed E-state index contributed by atoms with van der Waals surface area (Å²) in [6, 6.07) is 0. The van der Waals surface area contributed by atoms with E-state index in [1.165, 1.54) is 0 Å². The van der Waals surface area contributed by atoms with Crippen molar-refractivity contribution in [2.45, 2.75) is 38.4 Å². The van der Waals surface area contributed by atoms with Gasteiger partial charge in [-0.25, -0.2) is 0 Å². The fourth-order valence-electron chi connectivity index (χ4n) is 1.67. The SMILES string of the molecule is CC(C)(CNC(=O)C1(C)CCCS1)C(N)=NO. The average Bonchev–Trinajstić information content (AvgIpc) is 2.73. The smallest absolute Gasteiger partial charge is 0.235 e. The maximum absolute atomic E-state index is 12.0. The first-order chi connectivity index (χ1) is 7.82. The van der Waals surface area contributed by atoms with E-state index in [-0.39, 0.29) is 16.5 Å². The van der Waals surface area contributed by atoms with E-state index in [2.05, 4.69) is 10.5 Å². The Labute approximate surface area is 106 Å². The molecule has 1 aliphatic heterocycles. The van der Waals surface area contributed by atoms with Crippen molar-refractivity contribution in [2.75, 3.05) is 12.3 Å². The first-order valence-corrected chi connectivity index (χ1v) is 6.71. The third-order valence-corrected chi connectivity index (χ3v) is 4.71. The van der Waals surface area contributed by atoms with Crippen molar-refractivity contribution in [3.05, 3.63) is 0 Å². The molecule has 1 heterocycles. The lowest BCUT2D eigenvalue weighted by atomic mass is 9.91. The molecule has 0 saturated carbocycles. The molecule has 17 heavy (non-hydrogen) atoms. The molecule has 0 aliphatic carbocycles. The van der Waals surface area contributed by atoms with Crippen molar-refractivity contribution in [1.82, 2.24) is 5.32 Å². The largest absolute Gasteiger partial charge is 0.409 e. The molecule has 0 aromatic carbocycles. The van der Waals surface area contributed by atoms with Crippen molar-refractivity contribution in [2.24, 2.45) is 16.3 Å². The number of hydrogen-bond acceptors (Lipinski definition) is 4. The standard InChI is InChI=1S/C11H21N3O2S/c1-10(2,8(12)14-16)7-13-9(15)11(3)5-4-6-17-11/h16H,4-7H2,1-3H3,(H2,12,14)(H,13,15). The van der Waals surface area contributed by atoms with Gasteiger partial charge in [-0.15, -0.1) is 11.8 Å². The molecular weight excluding hydrogens is 238 g/mol. The molecule has 0 spiro atoms. The van der Waals surface area contributed by atoms with Crippen molar-refractivity contribution < 1.29 is 10.0 Å². The first-order valence-electron chi connectivity index (χ1n) is 5.72. The summed E-state index contributed by atoms with van der Waals surface area (Å²) < 4.78 is -0.318. The summed E-state index contributed by atoms with van der Waals surface area (Å²) in [4.78, 5) is 12.0. The monoisotopic (exact) mass is 259 g/mol. The highest BCUT2D eigenvalue weighted by molar-refractivity contribution is 8.01. The van der Waals surface area contributed by atoms with Gasteiger partial charge in [0.25, 0.3) is 0 Å². The highest BCUT2D eigenvalue weighted by atomic mass is 32.2. The summed E-state index contributed by atoms with van der Waals surface area (Å²) in [7, 11) is 0. The Balaban J connectivity index is 2.53. The van der Waals surface area contributed by atoms with Crippen LogP contribution in [0.5, 0.6) is 0 Å². The normalized spacial score (nSPS) is 25.9. The molecule has 0 radical (unpaired) electrons. The fraction of sp³-hybridized carbons (Fsp3) is 0.818. The van der Waals surface area contributed by atoms with Gasteiger partial charge in [0.1, 0.15) is 5.84 Å². The first kappa shape index (κ1) is 14.2. The van der Waals surface area contributed by atoms with E-state index in [0.29, 0.717) is 6.54 Å². The molecule has 5 nitrogen and oxygen atoms in total. The Morgan fingerprint density at radius 2 is 2.29 bits per heavy atom. The van der Waals surface area contributed by atoms with E-state index in [4.69, 9.17) is 10.9 Å². The van der Waals surface area contributed by atoms with Crippen LogP contribution in [0.1, 0.15) is 33.6 Å². The number of amidine groups is 1. The highest BCUT2D eigenvalue weighted by Crippen LogP contribution is 2.37. The van der Waals surface area contributed by atoms with Crippen molar-refractivity contribution in [3.63, 3.8) is 0 Å². The molecular formula is C11H21N3O2S. The molecule has 98 valence electrons. The van der Waals surface area contributed by atoms with Gasteiger partial charge in [-0.2, -0.15) is 0 Å². The summed E-state index contributed by atoms with van der Waals surface area (Å²) >= 11 is 1.69. The number of amides is 1. The van der Waals surface area contributed by atoms with Crippen molar-refractivity contribution in [3.8, 4) is 0 Å². The molecule has 6 heteroatoms. The lowest BCUT2D eigenvalue weighted by molar-refractivity contribution is -0.123. The van der Waals surface area contributed by atoms with Gasteiger partial charge >= 0.3 is 0 Å². The summed E-state index contributed by atoms with van der Waals surface area (Å²) in [5.41, 5.74) is 5.03. The quantitative estimate of drug-likeness (QED) is 0.306. The minimum absolute atomic E-state index is 0.0406. The third-order valence-electron chi connectivity index (χ3n) is 3.19. The summed E-state index contributed by atoms with van der Waals surface area (Å²) in [6.45, 7) is 5.99. The van der Waals surface area contributed by atoms with Crippen LogP contribution < -0.4 is 11.1 Å². The van der Waals surface area contributed by atoms with Gasteiger partial charge in [0.2, 0.25) is 5.91 Å². The molecule has 1 aliphatic rings. The minimum Gasteiger partial charge on any atom is -0.409 e. The second-order valence-electron chi connectivity index (χ2n) is 5.23. The Bertz CT molecular complexity index is 323. The molecule has 1 amide bonds. The zero-order valence-electron chi connectivity index (χ0n) is 10.6. The van der Waals surface area contributed by atoms with Crippen molar-refractivity contribution in [1.29, 1.82) is 0 Å². The number of thioether (sulfide) groups is 1. The van der Waals surface area contributed by atoms with E-state index in [1.807, 2.05) is 20.8 Å². The molecule has 1 fully saturated rings. The number of nitrogens with zero attached hydrogens (tertiary/aromatic N) is 1. The van der Waals surface area contributed by atoms with Gasteiger partial charge in [0.05, 0.1) is 4.75 Å². The van der Waals surface area contributed by atoms with E-state index in [1.54, 1.807) is 11.8 Å². The predicted molar refractivity (Wildman–Crippen MR) is 70.3 cm³/mol. The molecule has 1 unspecified atom stereocenters. The fourth-order valence-corrected chi connectivity index (χ4v) is 2.90. The van der Waals surface area contributed by atoms with E-state index in [0.717, 1.165) is 18.6 Å². The molecule has 1 rings (SSSR count). The maximum Gasteiger partial charge on any atom is 0.235 e. The second kappa shape index (κ2) is 5.16. The number of carbonyl (C=O) groups excluding carboxylic acids is 1. The Kier molecular flexibility index (Phi) is 4.30. The molecule has 4 N–H and O–H groups in total. The van der Waals surface area contributed by atoms with Gasteiger partial charge in [-0.05, 0) is 25.5 Å². The van der Waals surface area contributed by atoms with Crippen LogP contribution in [0.15, 0.2) is 5.16 Å². The molecule has 1 atom stereocenters. The van der Waals surface area contributed by atoms with E-state index in [9.17, 15) is 4.79 Å². The zero-order chi connectivity index (χ0) is 13.1. The third kappa shape index (κ3) is 3.28.